The predicted octanol–water partition coefficient (Wildman–Crippen LogP) is 3.95. The zero-order valence-corrected chi connectivity index (χ0v) is 18.9. The summed E-state index contributed by atoms with van der Waals surface area (Å²) < 4.78 is 26.1. The Morgan fingerprint density at radius 2 is 1.94 bits per heavy atom. The van der Waals surface area contributed by atoms with Crippen molar-refractivity contribution in [2.75, 3.05) is 31.2 Å². The van der Waals surface area contributed by atoms with Crippen LogP contribution in [0.4, 0.5) is 10.2 Å². The first kappa shape index (κ1) is 21.3. The Bertz CT molecular complexity index is 1120. The third-order valence-corrected chi connectivity index (χ3v) is 6.69. The molecule has 0 bridgehead atoms. The Labute approximate surface area is 187 Å². The van der Waals surface area contributed by atoms with Gasteiger partial charge in [0.25, 0.3) is 5.89 Å². The number of ether oxygens (including phenoxy) is 1. The van der Waals surface area contributed by atoms with Crippen molar-refractivity contribution in [1.29, 1.82) is 0 Å². The Hall–Kier alpha value is -2.58. The van der Waals surface area contributed by atoms with Gasteiger partial charge in [0, 0.05) is 37.2 Å². The molecule has 4 heterocycles. The van der Waals surface area contributed by atoms with Crippen LogP contribution in [0.3, 0.4) is 0 Å². The molecule has 0 saturated carbocycles. The monoisotopic (exact) mass is 439 g/mol. The second-order valence-corrected chi connectivity index (χ2v) is 8.90. The normalized spacial score (nSPS) is 19.9. The Morgan fingerprint density at radius 1 is 1.12 bits per heavy atom. The van der Waals surface area contributed by atoms with Gasteiger partial charge in [0.1, 0.15) is 17.2 Å². The molecule has 0 amide bonds. The standard InChI is InChI=1S/C24H30FN5O2/c1-4-16-11-19-14(2)21(24-26-15(3)29-32-24)23(28-22(19)20(25)12-16)30-8-5-17(6-9-30)27-18-7-10-31-13-18/h11-12,17-18,27H,4-10,13H2,1-3H3/t18-/m0/s1. The average Bonchev–Trinajstić information content (AvgIpc) is 3.46. The minimum Gasteiger partial charge on any atom is -0.380 e. The maximum absolute atomic E-state index is 15.0. The molecule has 0 spiro atoms. The van der Waals surface area contributed by atoms with Gasteiger partial charge in [0.2, 0.25) is 0 Å². The number of hydrogen-bond acceptors (Lipinski definition) is 7. The van der Waals surface area contributed by atoms with Crippen LogP contribution in [0, 0.1) is 19.7 Å². The van der Waals surface area contributed by atoms with Gasteiger partial charge in [-0.1, -0.05) is 12.1 Å². The molecule has 1 aromatic carbocycles. The minimum atomic E-state index is -0.283. The van der Waals surface area contributed by atoms with Crippen molar-refractivity contribution >= 4 is 16.7 Å². The highest BCUT2D eigenvalue weighted by Crippen LogP contribution is 2.38. The molecule has 32 heavy (non-hydrogen) atoms. The van der Waals surface area contributed by atoms with E-state index >= 15 is 4.39 Å². The fourth-order valence-corrected chi connectivity index (χ4v) is 4.86. The third-order valence-electron chi connectivity index (χ3n) is 6.69. The van der Waals surface area contributed by atoms with Gasteiger partial charge < -0.3 is 19.5 Å². The second kappa shape index (κ2) is 8.75. The lowest BCUT2D eigenvalue weighted by molar-refractivity contribution is 0.186. The van der Waals surface area contributed by atoms with E-state index in [4.69, 9.17) is 14.2 Å². The average molecular weight is 440 g/mol. The summed E-state index contributed by atoms with van der Waals surface area (Å²) in [6.07, 6.45) is 3.82. The quantitative estimate of drug-likeness (QED) is 0.645. The fourth-order valence-electron chi connectivity index (χ4n) is 4.86. The summed E-state index contributed by atoms with van der Waals surface area (Å²) in [5, 5.41) is 8.52. The Kier molecular flexibility index (Phi) is 5.82. The molecule has 1 N–H and O–H groups in total. The summed E-state index contributed by atoms with van der Waals surface area (Å²) in [4.78, 5) is 11.6. The minimum absolute atomic E-state index is 0.283. The first-order chi connectivity index (χ1) is 15.5. The van der Waals surface area contributed by atoms with Crippen LogP contribution >= 0.6 is 0 Å². The number of nitrogens with zero attached hydrogens (tertiary/aromatic N) is 4. The van der Waals surface area contributed by atoms with Crippen LogP contribution in [0.2, 0.25) is 0 Å². The number of nitrogens with one attached hydrogen (secondary N) is 1. The van der Waals surface area contributed by atoms with Crippen molar-refractivity contribution < 1.29 is 13.7 Å². The van der Waals surface area contributed by atoms with Crippen LogP contribution in [0.25, 0.3) is 22.4 Å². The van der Waals surface area contributed by atoms with Crippen LogP contribution in [-0.2, 0) is 11.2 Å². The summed E-state index contributed by atoms with van der Waals surface area (Å²) in [5.41, 5.74) is 3.08. The van der Waals surface area contributed by atoms with Crippen molar-refractivity contribution in [2.45, 2.75) is 58.5 Å². The van der Waals surface area contributed by atoms with E-state index in [1.807, 2.05) is 19.9 Å². The molecule has 0 radical (unpaired) electrons. The molecule has 8 heteroatoms. The van der Waals surface area contributed by atoms with Gasteiger partial charge in [-0.25, -0.2) is 9.37 Å². The molecule has 2 saturated heterocycles. The first-order valence-electron chi connectivity index (χ1n) is 11.6. The molecule has 3 aromatic rings. The summed E-state index contributed by atoms with van der Waals surface area (Å²) in [6.45, 7) is 9.12. The lowest BCUT2D eigenvalue weighted by atomic mass is 9.98. The number of aryl methyl sites for hydroxylation is 3. The maximum Gasteiger partial charge on any atom is 0.261 e. The molecule has 1 atom stereocenters. The second-order valence-electron chi connectivity index (χ2n) is 8.90. The third kappa shape index (κ3) is 3.97. The number of fused-ring (bicyclic) bond motifs is 1. The van der Waals surface area contributed by atoms with E-state index in [2.05, 4.69) is 20.4 Å². The largest absolute Gasteiger partial charge is 0.380 e. The van der Waals surface area contributed by atoms with Gasteiger partial charge in [0.15, 0.2) is 5.82 Å². The van der Waals surface area contributed by atoms with Gasteiger partial charge in [-0.3, -0.25) is 0 Å². The SMILES string of the molecule is CCc1cc(F)c2nc(N3CCC(N[C@H]4CCOC4)CC3)c(-c3nc(C)no3)c(C)c2c1. The number of aromatic nitrogens is 3. The van der Waals surface area contributed by atoms with Crippen molar-refractivity contribution in [3.8, 4) is 11.5 Å². The van der Waals surface area contributed by atoms with E-state index in [-0.39, 0.29) is 5.82 Å². The van der Waals surface area contributed by atoms with E-state index in [1.54, 1.807) is 13.0 Å². The number of piperidine rings is 1. The number of hydrogen-bond donors (Lipinski definition) is 1. The van der Waals surface area contributed by atoms with Crippen molar-refractivity contribution in [3.05, 3.63) is 34.9 Å². The van der Waals surface area contributed by atoms with E-state index in [1.165, 1.54) is 0 Å². The molecular weight excluding hydrogens is 409 g/mol. The number of benzene rings is 1. The van der Waals surface area contributed by atoms with Crippen LogP contribution in [0.15, 0.2) is 16.7 Å². The van der Waals surface area contributed by atoms with Crippen LogP contribution in [-0.4, -0.2) is 53.5 Å². The van der Waals surface area contributed by atoms with E-state index < -0.39 is 0 Å². The molecule has 2 aliphatic rings. The Balaban J connectivity index is 1.52. The highest BCUT2D eigenvalue weighted by atomic mass is 19.1. The maximum atomic E-state index is 15.0. The van der Waals surface area contributed by atoms with E-state index in [0.29, 0.717) is 29.3 Å². The molecular formula is C24H30FN5O2. The summed E-state index contributed by atoms with van der Waals surface area (Å²) in [5.74, 6) is 1.45. The topological polar surface area (TPSA) is 76.3 Å². The Morgan fingerprint density at radius 3 is 2.59 bits per heavy atom. The van der Waals surface area contributed by atoms with E-state index in [9.17, 15) is 0 Å². The smallest absolute Gasteiger partial charge is 0.261 e. The molecule has 7 nitrogen and oxygen atoms in total. The molecule has 170 valence electrons. The summed E-state index contributed by atoms with van der Waals surface area (Å²) in [6, 6.07) is 4.52. The molecule has 2 aromatic heterocycles. The lowest BCUT2D eigenvalue weighted by Gasteiger charge is -2.35. The van der Waals surface area contributed by atoms with E-state index in [0.717, 1.165) is 79.9 Å². The zero-order valence-electron chi connectivity index (χ0n) is 18.9. The van der Waals surface area contributed by atoms with Crippen molar-refractivity contribution in [3.63, 3.8) is 0 Å². The highest BCUT2D eigenvalue weighted by molar-refractivity contribution is 5.93. The molecule has 2 fully saturated rings. The predicted molar refractivity (Wildman–Crippen MR) is 121 cm³/mol. The molecule has 5 rings (SSSR count). The number of anilines is 1. The van der Waals surface area contributed by atoms with Gasteiger partial charge in [-0.2, -0.15) is 4.98 Å². The number of rotatable bonds is 5. The molecule has 2 aliphatic heterocycles. The zero-order chi connectivity index (χ0) is 22.2. The van der Waals surface area contributed by atoms with Gasteiger partial charge in [-0.15, -0.1) is 0 Å². The van der Waals surface area contributed by atoms with Crippen molar-refractivity contribution in [1.82, 2.24) is 20.4 Å². The number of halogens is 1. The van der Waals surface area contributed by atoms with Gasteiger partial charge in [0.05, 0.1) is 12.2 Å². The van der Waals surface area contributed by atoms with Gasteiger partial charge >= 0.3 is 0 Å². The lowest BCUT2D eigenvalue weighted by Crippen LogP contribution is -2.46. The van der Waals surface area contributed by atoms with Crippen LogP contribution in [0.5, 0.6) is 0 Å². The molecule has 0 aliphatic carbocycles. The molecule has 0 unspecified atom stereocenters. The van der Waals surface area contributed by atoms with Crippen LogP contribution < -0.4 is 10.2 Å². The fraction of sp³-hybridized carbons (Fsp3) is 0.542. The van der Waals surface area contributed by atoms with Crippen LogP contribution in [0.1, 0.15) is 43.1 Å². The van der Waals surface area contributed by atoms with Crippen molar-refractivity contribution in [2.24, 2.45) is 0 Å². The summed E-state index contributed by atoms with van der Waals surface area (Å²) >= 11 is 0. The summed E-state index contributed by atoms with van der Waals surface area (Å²) in [7, 11) is 0. The first-order valence-corrected chi connectivity index (χ1v) is 11.6. The number of pyridine rings is 1. The van der Waals surface area contributed by atoms with Gasteiger partial charge in [-0.05, 0) is 62.8 Å². The highest BCUT2D eigenvalue weighted by Gasteiger charge is 2.29.